The molecule has 2 aromatic carbocycles. The lowest BCUT2D eigenvalue weighted by Crippen LogP contribution is -2.12. The smallest absolute Gasteiger partial charge is 0.127 e. The van der Waals surface area contributed by atoms with Gasteiger partial charge in [0, 0.05) is 10.6 Å². The molecule has 0 aliphatic carbocycles. The number of unbranched alkanes of at least 4 members (excludes halogenated alkanes) is 7. The normalized spacial score (nSPS) is 11.1. The Hall–Kier alpha value is -1.51. The Labute approximate surface area is 170 Å². The van der Waals surface area contributed by atoms with Gasteiger partial charge in [-0.05, 0) is 57.2 Å². The molecule has 0 amide bonds. The summed E-state index contributed by atoms with van der Waals surface area (Å²) >= 11 is 6.19. The van der Waals surface area contributed by atoms with E-state index in [1.807, 2.05) is 36.4 Å². The van der Waals surface area contributed by atoms with E-state index in [0.717, 1.165) is 34.9 Å². The van der Waals surface area contributed by atoms with Gasteiger partial charge in [0.25, 0.3) is 0 Å². The maximum absolute atomic E-state index is 6.19. The van der Waals surface area contributed by atoms with Crippen molar-refractivity contribution in [1.29, 1.82) is 0 Å². The van der Waals surface area contributed by atoms with E-state index in [0.29, 0.717) is 0 Å². The van der Waals surface area contributed by atoms with Crippen LogP contribution < -0.4 is 4.74 Å². The van der Waals surface area contributed by atoms with Crippen molar-refractivity contribution in [3.63, 3.8) is 0 Å². The molecule has 0 aromatic heterocycles. The molecule has 148 valence electrons. The third-order valence-electron chi connectivity index (χ3n) is 4.78. The Morgan fingerprint density at radius 1 is 0.778 bits per heavy atom. The second-order valence-corrected chi connectivity index (χ2v) is 7.92. The van der Waals surface area contributed by atoms with Crippen molar-refractivity contribution >= 4 is 11.6 Å². The van der Waals surface area contributed by atoms with Gasteiger partial charge in [-0.3, -0.25) is 0 Å². The summed E-state index contributed by atoms with van der Waals surface area (Å²) in [5.74, 6) is 0.923. The molecule has 0 aliphatic heterocycles. The first kappa shape index (κ1) is 21.8. The van der Waals surface area contributed by atoms with Crippen LogP contribution in [-0.4, -0.2) is 32.1 Å². The van der Waals surface area contributed by atoms with E-state index >= 15 is 0 Å². The number of benzene rings is 2. The highest BCUT2D eigenvalue weighted by atomic mass is 35.5. The average Bonchev–Trinajstić information content (AvgIpc) is 2.67. The van der Waals surface area contributed by atoms with E-state index < -0.39 is 0 Å². The van der Waals surface area contributed by atoms with Gasteiger partial charge >= 0.3 is 0 Å². The van der Waals surface area contributed by atoms with Crippen LogP contribution in [0.5, 0.6) is 5.75 Å². The van der Waals surface area contributed by atoms with Gasteiger partial charge in [-0.2, -0.15) is 0 Å². The summed E-state index contributed by atoms with van der Waals surface area (Å²) in [7, 11) is 4.30. The van der Waals surface area contributed by atoms with E-state index in [1.54, 1.807) is 0 Å². The standard InChI is InChI=1S/C24H34ClNO/c1-26(2)18-12-7-5-3-4-6-8-13-19-27-24-17-16-22(25)20-23(24)21-14-10-9-11-15-21/h9-11,14-17,20H,3-8,12-13,18-19H2,1-2H3. The molecule has 0 atom stereocenters. The minimum atomic E-state index is 0.742. The summed E-state index contributed by atoms with van der Waals surface area (Å²) < 4.78 is 6.07. The molecule has 0 N–H and O–H groups in total. The fraction of sp³-hybridized carbons (Fsp3) is 0.500. The predicted octanol–water partition coefficient (Wildman–Crippen LogP) is 7.07. The molecule has 0 radical (unpaired) electrons. The van der Waals surface area contributed by atoms with Gasteiger partial charge in [-0.1, -0.05) is 80.5 Å². The Morgan fingerprint density at radius 3 is 2.07 bits per heavy atom. The van der Waals surface area contributed by atoms with Gasteiger partial charge in [0.15, 0.2) is 0 Å². The summed E-state index contributed by atoms with van der Waals surface area (Å²) in [6, 6.07) is 16.2. The van der Waals surface area contributed by atoms with Crippen molar-refractivity contribution in [2.45, 2.75) is 51.4 Å². The topological polar surface area (TPSA) is 12.5 Å². The van der Waals surface area contributed by atoms with Gasteiger partial charge in [0.05, 0.1) is 6.61 Å². The molecule has 3 heteroatoms. The number of rotatable bonds is 13. The third kappa shape index (κ3) is 8.81. The Morgan fingerprint density at radius 2 is 1.41 bits per heavy atom. The van der Waals surface area contributed by atoms with Crippen molar-refractivity contribution in [3.05, 3.63) is 53.6 Å². The van der Waals surface area contributed by atoms with Crippen LogP contribution in [0.2, 0.25) is 5.02 Å². The average molecular weight is 388 g/mol. The molecular formula is C24H34ClNO. The second-order valence-electron chi connectivity index (χ2n) is 7.49. The maximum atomic E-state index is 6.19. The van der Waals surface area contributed by atoms with E-state index in [2.05, 4.69) is 31.1 Å². The quantitative estimate of drug-likeness (QED) is 0.341. The molecule has 2 rings (SSSR count). The first-order chi connectivity index (χ1) is 13.2. The van der Waals surface area contributed by atoms with Gasteiger partial charge in [-0.15, -0.1) is 0 Å². The molecule has 0 spiro atoms. The van der Waals surface area contributed by atoms with Crippen LogP contribution in [0.3, 0.4) is 0 Å². The molecule has 0 bridgehead atoms. The summed E-state index contributed by atoms with van der Waals surface area (Å²) in [6.45, 7) is 1.98. The molecular weight excluding hydrogens is 354 g/mol. The van der Waals surface area contributed by atoms with E-state index in [-0.39, 0.29) is 0 Å². The minimum Gasteiger partial charge on any atom is -0.493 e. The van der Waals surface area contributed by atoms with E-state index in [9.17, 15) is 0 Å². The van der Waals surface area contributed by atoms with Crippen LogP contribution in [0.4, 0.5) is 0 Å². The Kier molecular flexibility index (Phi) is 10.3. The van der Waals surface area contributed by atoms with Crippen LogP contribution >= 0.6 is 11.6 Å². The van der Waals surface area contributed by atoms with Gasteiger partial charge < -0.3 is 9.64 Å². The summed E-state index contributed by atoms with van der Waals surface area (Å²) in [5.41, 5.74) is 2.21. The highest BCUT2D eigenvalue weighted by Crippen LogP contribution is 2.32. The molecule has 0 heterocycles. The van der Waals surface area contributed by atoms with Crippen LogP contribution in [-0.2, 0) is 0 Å². The predicted molar refractivity (Wildman–Crippen MR) is 118 cm³/mol. The SMILES string of the molecule is CN(C)CCCCCCCCCCOc1ccc(Cl)cc1-c1ccccc1. The number of nitrogens with zero attached hydrogens (tertiary/aromatic N) is 1. The van der Waals surface area contributed by atoms with Crippen molar-refractivity contribution in [1.82, 2.24) is 4.90 Å². The third-order valence-corrected chi connectivity index (χ3v) is 5.02. The van der Waals surface area contributed by atoms with Crippen molar-refractivity contribution < 1.29 is 4.74 Å². The molecule has 0 saturated heterocycles. The van der Waals surface area contributed by atoms with Gasteiger partial charge in [-0.25, -0.2) is 0 Å². The lowest BCUT2D eigenvalue weighted by atomic mass is 10.0. The highest BCUT2D eigenvalue weighted by molar-refractivity contribution is 6.31. The zero-order valence-electron chi connectivity index (χ0n) is 16.9. The number of hydrogen-bond acceptors (Lipinski definition) is 2. The molecule has 0 aliphatic rings. The molecule has 0 fully saturated rings. The van der Waals surface area contributed by atoms with Gasteiger partial charge in [0.1, 0.15) is 5.75 Å². The fourth-order valence-corrected chi connectivity index (χ4v) is 3.42. The lowest BCUT2D eigenvalue weighted by Gasteiger charge is -2.12. The molecule has 0 unspecified atom stereocenters. The number of halogens is 1. The van der Waals surface area contributed by atoms with Crippen molar-refractivity contribution in [3.8, 4) is 16.9 Å². The highest BCUT2D eigenvalue weighted by Gasteiger charge is 2.07. The Balaban J connectivity index is 1.62. The summed E-state index contributed by atoms with van der Waals surface area (Å²) in [4.78, 5) is 2.27. The van der Waals surface area contributed by atoms with Crippen LogP contribution in [0, 0.1) is 0 Å². The first-order valence-electron chi connectivity index (χ1n) is 10.3. The maximum Gasteiger partial charge on any atom is 0.127 e. The van der Waals surface area contributed by atoms with Crippen LogP contribution in [0.1, 0.15) is 51.4 Å². The fourth-order valence-electron chi connectivity index (χ4n) is 3.24. The summed E-state index contributed by atoms with van der Waals surface area (Å²) in [6.07, 6.45) is 10.4. The Bertz CT molecular complexity index is 642. The number of hydrogen-bond donors (Lipinski definition) is 0. The lowest BCUT2D eigenvalue weighted by molar-refractivity contribution is 0.305. The van der Waals surface area contributed by atoms with E-state index in [1.165, 1.54) is 51.5 Å². The zero-order valence-corrected chi connectivity index (χ0v) is 17.7. The molecule has 2 nitrogen and oxygen atoms in total. The van der Waals surface area contributed by atoms with Crippen LogP contribution in [0.15, 0.2) is 48.5 Å². The number of ether oxygens (including phenoxy) is 1. The monoisotopic (exact) mass is 387 g/mol. The zero-order chi connectivity index (χ0) is 19.3. The van der Waals surface area contributed by atoms with Gasteiger partial charge in [0.2, 0.25) is 0 Å². The van der Waals surface area contributed by atoms with Crippen molar-refractivity contribution in [2.75, 3.05) is 27.2 Å². The minimum absolute atomic E-state index is 0.742. The largest absolute Gasteiger partial charge is 0.493 e. The first-order valence-corrected chi connectivity index (χ1v) is 10.7. The van der Waals surface area contributed by atoms with Crippen LogP contribution in [0.25, 0.3) is 11.1 Å². The summed E-state index contributed by atoms with van der Waals surface area (Å²) in [5, 5.41) is 0.742. The second kappa shape index (κ2) is 12.8. The molecule has 2 aromatic rings. The molecule has 0 saturated carbocycles. The van der Waals surface area contributed by atoms with Crippen molar-refractivity contribution in [2.24, 2.45) is 0 Å². The van der Waals surface area contributed by atoms with E-state index in [4.69, 9.17) is 16.3 Å². The molecule has 27 heavy (non-hydrogen) atoms.